The lowest BCUT2D eigenvalue weighted by molar-refractivity contribution is -0.142. The number of halogens is 4. The molecule has 1 saturated carbocycles. The second kappa shape index (κ2) is 21.3. The van der Waals surface area contributed by atoms with Gasteiger partial charge < -0.3 is 25.7 Å². The van der Waals surface area contributed by atoms with E-state index in [4.69, 9.17) is 5.11 Å². The summed E-state index contributed by atoms with van der Waals surface area (Å²) in [5.41, 5.74) is -2.43. The van der Waals surface area contributed by atoms with Crippen LogP contribution in [0.3, 0.4) is 0 Å². The summed E-state index contributed by atoms with van der Waals surface area (Å²) in [5, 5.41) is 28.0. The third-order valence-corrected chi connectivity index (χ3v) is 8.69. The van der Waals surface area contributed by atoms with Crippen molar-refractivity contribution in [3.8, 4) is 11.3 Å². The van der Waals surface area contributed by atoms with Crippen molar-refractivity contribution in [2.24, 2.45) is 5.92 Å². The fourth-order valence-corrected chi connectivity index (χ4v) is 6.08. The fourth-order valence-electron chi connectivity index (χ4n) is 5.25. The maximum Gasteiger partial charge on any atom is 0.419 e. The normalized spacial score (nSPS) is 15.8. The average molecular weight is 743 g/mol. The molecule has 0 amide bonds. The number of anilines is 2. The molecular weight excluding hydrogens is 688 g/mol. The van der Waals surface area contributed by atoms with Crippen molar-refractivity contribution in [2.75, 3.05) is 39.5 Å². The molecule has 0 radical (unpaired) electrons. The number of hydrogen-bond acceptors (Lipinski definition) is 10. The number of piperidine rings is 1. The number of aliphatic hydroxyl groups is 1. The summed E-state index contributed by atoms with van der Waals surface area (Å²) in [6.45, 7) is 9.21. The number of likely N-dealkylation sites (tertiary alicyclic amines) is 1. The van der Waals surface area contributed by atoms with Gasteiger partial charge in [-0.25, -0.2) is 14.4 Å². The van der Waals surface area contributed by atoms with Crippen molar-refractivity contribution in [2.45, 2.75) is 102 Å². The smallest absolute Gasteiger partial charge is 0.419 e. The van der Waals surface area contributed by atoms with E-state index in [1.165, 1.54) is 47.6 Å². The Labute approximate surface area is 303 Å². The zero-order chi connectivity index (χ0) is 38.2. The highest BCUT2D eigenvalue weighted by Gasteiger charge is 2.36. The first-order valence-corrected chi connectivity index (χ1v) is 18.1. The van der Waals surface area contributed by atoms with Gasteiger partial charge in [0, 0.05) is 28.9 Å². The van der Waals surface area contributed by atoms with Crippen LogP contribution in [0.15, 0.2) is 41.7 Å². The van der Waals surface area contributed by atoms with Gasteiger partial charge in [0.1, 0.15) is 11.4 Å². The van der Waals surface area contributed by atoms with Gasteiger partial charge in [0.2, 0.25) is 5.95 Å². The molecule has 2 aromatic heterocycles. The first-order valence-electron chi connectivity index (χ1n) is 17.3. The van der Waals surface area contributed by atoms with Gasteiger partial charge in [-0.15, -0.1) is 0 Å². The van der Waals surface area contributed by atoms with Gasteiger partial charge in [0.05, 0.1) is 35.6 Å². The van der Waals surface area contributed by atoms with Gasteiger partial charge in [-0.1, -0.05) is 33.1 Å². The molecule has 0 atom stereocenters. The lowest BCUT2D eigenvalue weighted by Gasteiger charge is -2.29. The molecule has 1 aromatic carbocycles. The highest BCUT2D eigenvalue weighted by atomic mass is 32.2. The molecule has 3 aromatic rings. The summed E-state index contributed by atoms with van der Waals surface area (Å²) in [6.07, 6.45) is 5.80. The number of carboxylic acids is 1. The van der Waals surface area contributed by atoms with Crippen molar-refractivity contribution in [1.82, 2.24) is 34.7 Å². The number of carboxylic acid groups (broad SMARTS) is 1. The standard InChI is InChI=1S/C24H29F4N7OS.C7H12O2.C2H7N.C2H6/c1-23(2,36)14-35-13-15(11-30-35)21-18(24(26,27)28)12-29-22(32-21)31-20-5-4-17(10-19(20)25)37-33-16-6-8-34(3)9-7-16;8-7(9)6-4-2-1-3-5-6;1-3-2;1-2/h4-5,10-13,16,33,36H,6-9,14H2,1-3H3,(H,29,31,32);6H,1-5H2,(H,8,9);3H,1-2H3;1-2H3. The number of nitrogens with one attached hydrogen (secondary N) is 3. The number of rotatable bonds is 9. The first kappa shape index (κ1) is 43.9. The number of hydrogen-bond donors (Lipinski definition) is 5. The average Bonchev–Trinajstić information content (AvgIpc) is 3.54. The SMILES string of the molecule is CC.CN1CCC(NSc2ccc(Nc3ncc(C(F)(F)F)c(-c4cnn(CC(C)(C)O)c4)n3)c(F)c2)CC1.CNC.O=C(O)C1CCCCC1. The van der Waals surface area contributed by atoms with Crippen LogP contribution >= 0.6 is 11.9 Å². The van der Waals surface area contributed by atoms with Crippen LogP contribution < -0.4 is 15.4 Å². The quantitative estimate of drug-likeness (QED) is 0.112. The first-order chi connectivity index (χ1) is 24.1. The molecular formula is C35H54F4N8O3S. The van der Waals surface area contributed by atoms with Gasteiger partial charge in [-0.05, 0) is 104 Å². The molecule has 1 aliphatic carbocycles. The molecule has 0 spiro atoms. The second-order valence-corrected chi connectivity index (χ2v) is 13.8. The zero-order valence-electron chi connectivity index (χ0n) is 30.6. The topological polar surface area (TPSA) is 140 Å². The zero-order valence-corrected chi connectivity index (χ0v) is 31.5. The number of benzene rings is 1. The Morgan fingerprint density at radius 1 is 1.04 bits per heavy atom. The molecule has 2 aliphatic rings. The molecule has 51 heavy (non-hydrogen) atoms. The third-order valence-electron chi connectivity index (χ3n) is 7.75. The molecule has 1 aliphatic heterocycles. The summed E-state index contributed by atoms with van der Waals surface area (Å²) in [7, 11) is 5.83. The molecule has 0 bridgehead atoms. The molecule has 3 heterocycles. The number of aromatic nitrogens is 4. The van der Waals surface area contributed by atoms with Crippen LogP contribution in [0.25, 0.3) is 11.3 Å². The van der Waals surface area contributed by atoms with Crippen molar-refractivity contribution in [1.29, 1.82) is 0 Å². The molecule has 5 N–H and O–H groups in total. The number of carbonyl (C=O) groups is 1. The van der Waals surface area contributed by atoms with Crippen LogP contribution in [-0.4, -0.2) is 86.7 Å². The van der Waals surface area contributed by atoms with E-state index in [9.17, 15) is 27.5 Å². The molecule has 5 rings (SSSR count). The van der Waals surface area contributed by atoms with Crippen LogP contribution in [0, 0.1) is 11.7 Å². The van der Waals surface area contributed by atoms with E-state index in [-0.39, 0.29) is 29.7 Å². The van der Waals surface area contributed by atoms with E-state index in [1.54, 1.807) is 19.9 Å². The minimum absolute atomic E-state index is 0.0289. The van der Waals surface area contributed by atoms with Crippen LogP contribution in [-0.2, 0) is 17.5 Å². The minimum Gasteiger partial charge on any atom is -0.481 e. The Hall–Kier alpha value is -3.31. The summed E-state index contributed by atoms with van der Waals surface area (Å²) < 4.78 is 60.5. The largest absolute Gasteiger partial charge is 0.481 e. The molecule has 11 nitrogen and oxygen atoms in total. The van der Waals surface area contributed by atoms with Crippen LogP contribution in [0.2, 0.25) is 0 Å². The van der Waals surface area contributed by atoms with E-state index in [2.05, 4.69) is 42.4 Å². The summed E-state index contributed by atoms with van der Waals surface area (Å²) in [5.74, 6) is -1.41. The van der Waals surface area contributed by atoms with Crippen molar-refractivity contribution >= 4 is 29.6 Å². The van der Waals surface area contributed by atoms with Crippen molar-refractivity contribution in [3.63, 3.8) is 0 Å². The Kier molecular flexibility index (Phi) is 18.3. The molecule has 16 heteroatoms. The van der Waals surface area contributed by atoms with Crippen LogP contribution in [0.5, 0.6) is 0 Å². The Balaban J connectivity index is 0.000000543. The number of aliphatic carboxylic acids is 1. The van der Waals surface area contributed by atoms with Gasteiger partial charge in [0.15, 0.2) is 0 Å². The van der Waals surface area contributed by atoms with Gasteiger partial charge >= 0.3 is 12.1 Å². The van der Waals surface area contributed by atoms with E-state index in [1.807, 2.05) is 27.9 Å². The predicted octanol–water partition coefficient (Wildman–Crippen LogP) is 7.22. The fraction of sp³-hybridized carbons (Fsp3) is 0.600. The van der Waals surface area contributed by atoms with E-state index >= 15 is 0 Å². The Morgan fingerprint density at radius 3 is 2.20 bits per heavy atom. The lowest BCUT2D eigenvalue weighted by Crippen LogP contribution is -2.38. The maximum absolute atomic E-state index is 14.8. The van der Waals surface area contributed by atoms with Gasteiger partial charge in [-0.3, -0.25) is 14.2 Å². The monoisotopic (exact) mass is 742 g/mol. The van der Waals surface area contributed by atoms with Crippen LogP contribution in [0.1, 0.15) is 78.2 Å². The molecule has 0 unspecified atom stereocenters. The van der Waals surface area contributed by atoms with Crippen molar-refractivity contribution in [3.05, 3.63) is 48.2 Å². The Bertz CT molecular complexity index is 1470. The highest BCUT2D eigenvalue weighted by molar-refractivity contribution is 7.97. The molecule has 2 fully saturated rings. The number of alkyl halides is 3. The summed E-state index contributed by atoms with van der Waals surface area (Å²) >= 11 is 1.35. The second-order valence-electron chi connectivity index (χ2n) is 12.9. The van der Waals surface area contributed by atoms with E-state index < -0.39 is 34.8 Å². The minimum atomic E-state index is -4.71. The Morgan fingerprint density at radius 2 is 1.67 bits per heavy atom. The summed E-state index contributed by atoms with van der Waals surface area (Å²) in [6, 6.07) is 4.90. The third kappa shape index (κ3) is 15.4. The summed E-state index contributed by atoms with van der Waals surface area (Å²) in [4.78, 5) is 21.1. The highest BCUT2D eigenvalue weighted by Crippen LogP contribution is 2.36. The van der Waals surface area contributed by atoms with Gasteiger partial charge in [-0.2, -0.15) is 18.3 Å². The number of nitrogens with zero attached hydrogens (tertiary/aromatic N) is 5. The molecule has 286 valence electrons. The lowest BCUT2D eigenvalue weighted by atomic mass is 9.90. The maximum atomic E-state index is 14.8. The van der Waals surface area contributed by atoms with Gasteiger partial charge in [0.25, 0.3) is 0 Å². The van der Waals surface area contributed by atoms with Crippen molar-refractivity contribution < 1.29 is 32.6 Å². The molecule has 1 saturated heterocycles. The predicted molar refractivity (Wildman–Crippen MR) is 194 cm³/mol. The van der Waals surface area contributed by atoms with E-state index in [0.717, 1.165) is 51.6 Å². The van der Waals surface area contributed by atoms with E-state index in [0.29, 0.717) is 17.1 Å². The van der Waals surface area contributed by atoms with Crippen LogP contribution in [0.4, 0.5) is 29.2 Å².